The van der Waals surface area contributed by atoms with Crippen LogP contribution < -0.4 is 5.56 Å². The van der Waals surface area contributed by atoms with Crippen molar-refractivity contribution >= 4 is 39.9 Å². The highest BCUT2D eigenvalue weighted by Crippen LogP contribution is 2.23. The van der Waals surface area contributed by atoms with Gasteiger partial charge in [0.15, 0.2) is 5.90 Å². The van der Waals surface area contributed by atoms with Crippen LogP contribution in [0, 0.1) is 0 Å². The van der Waals surface area contributed by atoms with Crippen LogP contribution in [-0.4, -0.2) is 33.8 Å². The Morgan fingerprint density at radius 2 is 1.93 bits per heavy atom. The number of hydrogen-bond acceptors (Lipinski definition) is 5. The number of rotatable bonds is 7. The van der Waals surface area contributed by atoms with Gasteiger partial charge in [0.25, 0.3) is 5.56 Å². The maximum Gasteiger partial charge on any atom is 0.303 e. The SMILES string of the molecule is CCOC(CCC(=O)O)=Nc1ccc2c(Cc3ccc(Cl)cc3)n[nH]c(=O)c2c1. The van der Waals surface area contributed by atoms with E-state index in [-0.39, 0.29) is 18.4 Å². The molecule has 0 aliphatic heterocycles. The van der Waals surface area contributed by atoms with E-state index in [1.165, 1.54) is 0 Å². The molecule has 8 heteroatoms. The summed E-state index contributed by atoms with van der Waals surface area (Å²) in [5.41, 5.74) is 1.94. The molecule has 0 aliphatic carbocycles. The highest BCUT2D eigenvalue weighted by molar-refractivity contribution is 6.30. The third-order valence-electron chi connectivity index (χ3n) is 4.25. The molecular formula is C21H20ClN3O4. The number of ether oxygens (including phenoxy) is 1. The number of carboxylic acid groups (broad SMARTS) is 1. The Bertz CT molecular complexity index is 1110. The van der Waals surface area contributed by atoms with E-state index in [1.54, 1.807) is 25.1 Å². The van der Waals surface area contributed by atoms with Crippen molar-refractivity contribution in [3.8, 4) is 0 Å². The minimum Gasteiger partial charge on any atom is -0.481 e. The van der Waals surface area contributed by atoms with Gasteiger partial charge < -0.3 is 9.84 Å². The number of aliphatic carboxylic acids is 1. The molecule has 0 bridgehead atoms. The van der Waals surface area contributed by atoms with Crippen LogP contribution in [0.2, 0.25) is 5.02 Å². The van der Waals surface area contributed by atoms with Crippen molar-refractivity contribution in [3.05, 3.63) is 69.1 Å². The van der Waals surface area contributed by atoms with Gasteiger partial charge in [-0.2, -0.15) is 5.10 Å². The smallest absolute Gasteiger partial charge is 0.303 e. The Morgan fingerprint density at radius 1 is 1.17 bits per heavy atom. The van der Waals surface area contributed by atoms with Crippen molar-refractivity contribution in [1.29, 1.82) is 0 Å². The van der Waals surface area contributed by atoms with Gasteiger partial charge in [0.2, 0.25) is 0 Å². The average Bonchev–Trinajstić information content (AvgIpc) is 2.70. The summed E-state index contributed by atoms with van der Waals surface area (Å²) in [5, 5.41) is 17.4. The Hall–Kier alpha value is -3.19. The lowest BCUT2D eigenvalue weighted by Gasteiger charge is -2.08. The molecule has 0 radical (unpaired) electrons. The van der Waals surface area contributed by atoms with Crippen molar-refractivity contribution in [2.45, 2.75) is 26.2 Å². The lowest BCUT2D eigenvalue weighted by Crippen LogP contribution is -2.11. The van der Waals surface area contributed by atoms with Crippen molar-refractivity contribution in [1.82, 2.24) is 10.2 Å². The quantitative estimate of drug-likeness (QED) is 0.448. The van der Waals surface area contributed by atoms with Gasteiger partial charge in [-0.1, -0.05) is 29.8 Å². The molecule has 2 aromatic carbocycles. The van der Waals surface area contributed by atoms with Crippen LogP contribution in [-0.2, 0) is 16.0 Å². The molecule has 3 aromatic rings. The molecule has 1 heterocycles. The zero-order chi connectivity index (χ0) is 20.8. The van der Waals surface area contributed by atoms with Crippen molar-refractivity contribution < 1.29 is 14.6 Å². The molecule has 7 nitrogen and oxygen atoms in total. The number of fused-ring (bicyclic) bond motifs is 1. The van der Waals surface area contributed by atoms with Crippen molar-refractivity contribution in [2.24, 2.45) is 4.99 Å². The van der Waals surface area contributed by atoms with E-state index in [9.17, 15) is 9.59 Å². The van der Waals surface area contributed by atoms with E-state index in [2.05, 4.69) is 15.2 Å². The number of benzene rings is 2. The highest BCUT2D eigenvalue weighted by atomic mass is 35.5. The minimum absolute atomic E-state index is 0.0812. The first-order valence-electron chi connectivity index (χ1n) is 9.14. The number of H-pyrrole nitrogens is 1. The van der Waals surface area contributed by atoms with Crippen LogP contribution in [0.5, 0.6) is 0 Å². The number of halogens is 1. The first-order valence-corrected chi connectivity index (χ1v) is 9.52. The lowest BCUT2D eigenvalue weighted by atomic mass is 10.0. The molecular weight excluding hydrogens is 394 g/mol. The van der Waals surface area contributed by atoms with Crippen LogP contribution in [0.4, 0.5) is 5.69 Å². The number of hydrogen-bond donors (Lipinski definition) is 2. The second kappa shape index (κ2) is 9.34. The fourth-order valence-electron chi connectivity index (χ4n) is 2.90. The fourth-order valence-corrected chi connectivity index (χ4v) is 3.02. The fraction of sp³-hybridized carbons (Fsp3) is 0.238. The molecule has 0 saturated heterocycles. The summed E-state index contributed by atoms with van der Waals surface area (Å²) in [6.07, 6.45) is 0.633. The van der Waals surface area contributed by atoms with E-state index in [0.29, 0.717) is 35.0 Å². The highest BCUT2D eigenvalue weighted by Gasteiger charge is 2.10. The van der Waals surface area contributed by atoms with Gasteiger partial charge in [0, 0.05) is 23.3 Å². The Kier molecular flexibility index (Phi) is 6.61. The second-order valence-electron chi connectivity index (χ2n) is 6.36. The molecule has 0 fully saturated rings. The molecule has 1 aromatic heterocycles. The van der Waals surface area contributed by atoms with Gasteiger partial charge in [-0.25, -0.2) is 10.1 Å². The number of aliphatic imine (C=N–C) groups is 1. The first-order chi connectivity index (χ1) is 14.0. The number of nitrogens with zero attached hydrogens (tertiary/aromatic N) is 2. The first kappa shape index (κ1) is 20.5. The lowest BCUT2D eigenvalue weighted by molar-refractivity contribution is -0.136. The van der Waals surface area contributed by atoms with Gasteiger partial charge in [-0.15, -0.1) is 0 Å². The number of carbonyl (C=O) groups is 1. The van der Waals surface area contributed by atoms with Gasteiger partial charge in [-0.3, -0.25) is 9.59 Å². The molecule has 0 atom stereocenters. The third-order valence-corrected chi connectivity index (χ3v) is 4.51. The zero-order valence-corrected chi connectivity index (χ0v) is 16.6. The molecule has 150 valence electrons. The van der Waals surface area contributed by atoms with E-state index < -0.39 is 5.97 Å². The van der Waals surface area contributed by atoms with E-state index in [4.69, 9.17) is 21.4 Å². The monoisotopic (exact) mass is 413 g/mol. The Balaban J connectivity index is 1.95. The third kappa shape index (κ3) is 5.42. The van der Waals surface area contributed by atoms with Gasteiger partial charge in [0.05, 0.1) is 29.8 Å². The summed E-state index contributed by atoms with van der Waals surface area (Å²) < 4.78 is 5.43. The van der Waals surface area contributed by atoms with Crippen molar-refractivity contribution in [2.75, 3.05) is 6.61 Å². The van der Waals surface area contributed by atoms with Crippen LogP contribution in [0.1, 0.15) is 31.0 Å². The summed E-state index contributed by atoms with van der Waals surface area (Å²) in [4.78, 5) is 27.5. The van der Waals surface area contributed by atoms with Gasteiger partial charge in [-0.05, 0) is 36.8 Å². The molecule has 0 aliphatic rings. The predicted octanol–water partition coefficient (Wildman–Crippen LogP) is 4.10. The van der Waals surface area contributed by atoms with Crippen molar-refractivity contribution in [3.63, 3.8) is 0 Å². The van der Waals surface area contributed by atoms with Crippen LogP contribution in [0.25, 0.3) is 10.8 Å². The Labute approximate surface area is 172 Å². The molecule has 0 saturated carbocycles. The molecule has 2 N–H and O–H groups in total. The number of aromatic amines is 1. The molecule has 29 heavy (non-hydrogen) atoms. The maximum atomic E-state index is 12.3. The standard InChI is InChI=1S/C21H20ClN3O4/c1-2-29-19(9-10-20(26)27)23-15-7-8-16-17(12-15)21(28)25-24-18(16)11-13-3-5-14(22)6-4-13/h3-8,12H,2,9-11H2,1H3,(H,25,28)(H,26,27). The minimum atomic E-state index is -0.926. The molecule has 0 amide bonds. The van der Waals surface area contributed by atoms with Gasteiger partial charge >= 0.3 is 5.97 Å². The average molecular weight is 414 g/mol. The van der Waals surface area contributed by atoms with Crippen LogP contribution in [0.15, 0.2) is 52.3 Å². The number of carboxylic acids is 1. The molecule has 3 rings (SSSR count). The second-order valence-corrected chi connectivity index (χ2v) is 6.80. The Morgan fingerprint density at radius 3 is 2.62 bits per heavy atom. The van der Waals surface area contributed by atoms with Crippen LogP contribution in [0.3, 0.4) is 0 Å². The number of nitrogens with one attached hydrogen (secondary N) is 1. The topological polar surface area (TPSA) is 105 Å². The summed E-state index contributed by atoms with van der Waals surface area (Å²) in [7, 11) is 0. The van der Waals surface area contributed by atoms with Crippen LogP contribution >= 0.6 is 11.6 Å². The largest absolute Gasteiger partial charge is 0.481 e. The number of aromatic nitrogens is 2. The summed E-state index contributed by atoms with van der Waals surface area (Å²) in [6, 6.07) is 12.7. The maximum absolute atomic E-state index is 12.3. The molecule has 0 spiro atoms. The van der Waals surface area contributed by atoms with Gasteiger partial charge in [0.1, 0.15) is 0 Å². The van der Waals surface area contributed by atoms with E-state index in [0.717, 1.165) is 16.6 Å². The normalized spacial score (nSPS) is 11.6. The summed E-state index contributed by atoms with van der Waals surface area (Å²) in [5.74, 6) is -0.605. The summed E-state index contributed by atoms with van der Waals surface area (Å²) in [6.45, 7) is 2.18. The summed E-state index contributed by atoms with van der Waals surface area (Å²) >= 11 is 5.93. The predicted molar refractivity (Wildman–Crippen MR) is 112 cm³/mol. The zero-order valence-electron chi connectivity index (χ0n) is 15.8. The molecule has 0 unspecified atom stereocenters. The van der Waals surface area contributed by atoms with E-state index in [1.807, 2.05) is 24.3 Å². The van der Waals surface area contributed by atoms with E-state index >= 15 is 0 Å².